The van der Waals surface area contributed by atoms with Crippen LogP contribution in [0.15, 0.2) is 84.9 Å². The maximum absolute atomic E-state index is 12.9. The molecule has 0 fully saturated rings. The van der Waals surface area contributed by atoms with Gasteiger partial charge >= 0.3 is 6.09 Å². The lowest BCUT2D eigenvalue weighted by Crippen LogP contribution is -2.41. The van der Waals surface area contributed by atoms with Crippen molar-refractivity contribution in [3.05, 3.63) is 107 Å². The third-order valence-electron chi connectivity index (χ3n) is 5.12. The molecule has 4 rings (SSSR count). The lowest BCUT2D eigenvalue weighted by Gasteiger charge is -2.36. The fourth-order valence-electron chi connectivity index (χ4n) is 3.73. The summed E-state index contributed by atoms with van der Waals surface area (Å²) in [5.41, 5.74) is 4.78. The standard InChI is InChI=1S/C24H23NO2/c26-24(27-18-20-11-5-2-6-12-20)25-16-15-21-13-7-8-14-22(21)23(25)17-19-9-3-1-4-10-19/h1-14,23H,15-18H2/t23-/m0/s1. The Balaban J connectivity index is 1.55. The summed E-state index contributed by atoms with van der Waals surface area (Å²) in [5.74, 6) is 0. The molecule has 1 heterocycles. The van der Waals surface area contributed by atoms with Crippen LogP contribution in [-0.4, -0.2) is 17.5 Å². The minimum atomic E-state index is -0.241. The monoisotopic (exact) mass is 357 g/mol. The van der Waals surface area contributed by atoms with Crippen LogP contribution in [0.1, 0.15) is 28.3 Å². The van der Waals surface area contributed by atoms with Crippen LogP contribution in [0, 0.1) is 0 Å². The Morgan fingerprint density at radius 2 is 1.48 bits per heavy atom. The molecule has 0 aliphatic carbocycles. The quantitative estimate of drug-likeness (QED) is 0.645. The van der Waals surface area contributed by atoms with Crippen LogP contribution in [-0.2, 0) is 24.2 Å². The van der Waals surface area contributed by atoms with Crippen LogP contribution in [0.2, 0.25) is 0 Å². The molecule has 136 valence electrons. The molecule has 3 heteroatoms. The van der Waals surface area contributed by atoms with Crippen LogP contribution in [0.5, 0.6) is 0 Å². The zero-order valence-electron chi connectivity index (χ0n) is 15.3. The van der Waals surface area contributed by atoms with Crippen LogP contribution in [0.25, 0.3) is 0 Å². The predicted molar refractivity (Wildman–Crippen MR) is 106 cm³/mol. The minimum absolute atomic E-state index is 0.000577. The first-order valence-electron chi connectivity index (χ1n) is 9.40. The summed E-state index contributed by atoms with van der Waals surface area (Å²) >= 11 is 0. The van der Waals surface area contributed by atoms with E-state index in [1.807, 2.05) is 53.4 Å². The van der Waals surface area contributed by atoms with Crippen molar-refractivity contribution in [1.82, 2.24) is 4.90 Å². The Hall–Kier alpha value is -3.07. The summed E-state index contributed by atoms with van der Waals surface area (Å²) in [6, 6.07) is 28.6. The molecule has 0 spiro atoms. The van der Waals surface area contributed by atoms with E-state index in [1.165, 1.54) is 16.7 Å². The molecule has 0 saturated carbocycles. The lowest BCUT2D eigenvalue weighted by molar-refractivity contribution is 0.0769. The summed E-state index contributed by atoms with van der Waals surface area (Å²) in [5, 5.41) is 0. The first-order chi connectivity index (χ1) is 13.3. The molecule has 0 aromatic heterocycles. The molecule has 0 N–H and O–H groups in total. The van der Waals surface area contributed by atoms with Gasteiger partial charge < -0.3 is 9.64 Å². The van der Waals surface area contributed by atoms with Crippen molar-refractivity contribution >= 4 is 6.09 Å². The third kappa shape index (κ3) is 4.03. The summed E-state index contributed by atoms with van der Waals surface area (Å²) in [6.07, 6.45) is 1.41. The van der Waals surface area contributed by atoms with E-state index >= 15 is 0 Å². The first-order valence-corrected chi connectivity index (χ1v) is 9.40. The molecule has 3 aromatic rings. The lowest BCUT2D eigenvalue weighted by atomic mass is 9.89. The van der Waals surface area contributed by atoms with Crippen LogP contribution in [0.4, 0.5) is 4.79 Å². The van der Waals surface area contributed by atoms with Gasteiger partial charge in [-0.25, -0.2) is 4.79 Å². The topological polar surface area (TPSA) is 29.5 Å². The van der Waals surface area contributed by atoms with Crippen LogP contribution in [0.3, 0.4) is 0 Å². The molecule has 0 unspecified atom stereocenters. The Kier molecular flexibility index (Phi) is 5.20. The summed E-state index contributed by atoms with van der Waals surface area (Å²) in [6.45, 7) is 0.984. The Labute approximate surface area is 160 Å². The van der Waals surface area contributed by atoms with Gasteiger partial charge in [0.15, 0.2) is 0 Å². The van der Waals surface area contributed by atoms with E-state index in [-0.39, 0.29) is 12.1 Å². The van der Waals surface area contributed by atoms with Gasteiger partial charge in [0.2, 0.25) is 0 Å². The average molecular weight is 357 g/mol. The van der Waals surface area contributed by atoms with Crippen molar-refractivity contribution in [2.75, 3.05) is 6.54 Å². The first kappa shape index (κ1) is 17.3. The molecular weight excluding hydrogens is 334 g/mol. The molecule has 1 atom stereocenters. The van der Waals surface area contributed by atoms with Gasteiger partial charge in [-0.2, -0.15) is 0 Å². The number of nitrogens with zero attached hydrogens (tertiary/aromatic N) is 1. The number of carbonyl (C=O) groups excluding carboxylic acids is 1. The molecule has 27 heavy (non-hydrogen) atoms. The van der Waals surface area contributed by atoms with Gasteiger partial charge in [0, 0.05) is 6.54 Å². The molecule has 0 radical (unpaired) electrons. The van der Waals surface area contributed by atoms with Gasteiger partial charge in [0.05, 0.1) is 6.04 Å². The van der Waals surface area contributed by atoms with Crippen molar-refractivity contribution in [2.45, 2.75) is 25.5 Å². The molecule has 1 aliphatic rings. The molecule has 3 nitrogen and oxygen atoms in total. The van der Waals surface area contributed by atoms with Gasteiger partial charge in [-0.3, -0.25) is 0 Å². The van der Waals surface area contributed by atoms with E-state index in [1.54, 1.807) is 0 Å². The minimum Gasteiger partial charge on any atom is -0.445 e. The number of fused-ring (bicyclic) bond motifs is 1. The maximum Gasteiger partial charge on any atom is 0.410 e. The number of ether oxygens (including phenoxy) is 1. The second-order valence-electron chi connectivity index (χ2n) is 6.89. The number of carbonyl (C=O) groups is 1. The smallest absolute Gasteiger partial charge is 0.410 e. The molecule has 1 aliphatic heterocycles. The highest BCUT2D eigenvalue weighted by Crippen LogP contribution is 2.33. The summed E-state index contributed by atoms with van der Waals surface area (Å²) in [4.78, 5) is 14.8. The number of amides is 1. The fraction of sp³-hybridized carbons (Fsp3) is 0.208. The molecule has 3 aromatic carbocycles. The zero-order chi connectivity index (χ0) is 18.5. The number of hydrogen-bond acceptors (Lipinski definition) is 2. The van der Waals surface area contributed by atoms with E-state index in [0.29, 0.717) is 13.2 Å². The van der Waals surface area contributed by atoms with E-state index in [0.717, 1.165) is 18.4 Å². The van der Waals surface area contributed by atoms with Gasteiger partial charge in [-0.15, -0.1) is 0 Å². The summed E-state index contributed by atoms with van der Waals surface area (Å²) < 4.78 is 5.64. The van der Waals surface area contributed by atoms with E-state index in [2.05, 4.69) is 36.4 Å². The van der Waals surface area contributed by atoms with E-state index in [9.17, 15) is 4.79 Å². The van der Waals surface area contributed by atoms with Gasteiger partial charge in [-0.1, -0.05) is 84.9 Å². The highest BCUT2D eigenvalue weighted by molar-refractivity contribution is 5.69. The normalized spacial score (nSPS) is 15.9. The van der Waals surface area contributed by atoms with Gasteiger partial charge in [-0.05, 0) is 35.1 Å². The highest BCUT2D eigenvalue weighted by atomic mass is 16.6. The second kappa shape index (κ2) is 8.09. The van der Waals surface area contributed by atoms with Gasteiger partial charge in [0.25, 0.3) is 0 Å². The van der Waals surface area contributed by atoms with Crippen molar-refractivity contribution in [2.24, 2.45) is 0 Å². The van der Waals surface area contributed by atoms with Crippen molar-refractivity contribution in [3.63, 3.8) is 0 Å². The SMILES string of the molecule is O=C(OCc1ccccc1)N1CCc2ccccc2[C@@H]1Cc1ccccc1. The number of rotatable bonds is 4. The maximum atomic E-state index is 12.9. The van der Waals surface area contributed by atoms with Crippen LogP contribution >= 0.6 is 0 Å². The predicted octanol–water partition coefficient (Wildman–Crippen LogP) is 5.17. The highest BCUT2D eigenvalue weighted by Gasteiger charge is 2.31. The summed E-state index contributed by atoms with van der Waals surface area (Å²) in [7, 11) is 0. The fourth-order valence-corrected chi connectivity index (χ4v) is 3.73. The largest absolute Gasteiger partial charge is 0.445 e. The third-order valence-corrected chi connectivity index (χ3v) is 5.12. The molecule has 0 bridgehead atoms. The van der Waals surface area contributed by atoms with Crippen LogP contribution < -0.4 is 0 Å². The average Bonchev–Trinajstić information content (AvgIpc) is 2.74. The molecular formula is C24H23NO2. The second-order valence-corrected chi connectivity index (χ2v) is 6.89. The number of hydrogen-bond donors (Lipinski definition) is 0. The van der Waals surface area contributed by atoms with Crippen molar-refractivity contribution in [3.8, 4) is 0 Å². The zero-order valence-corrected chi connectivity index (χ0v) is 15.3. The van der Waals surface area contributed by atoms with Gasteiger partial charge in [0.1, 0.15) is 6.61 Å². The molecule has 1 amide bonds. The van der Waals surface area contributed by atoms with E-state index in [4.69, 9.17) is 4.74 Å². The molecule has 0 saturated heterocycles. The Morgan fingerprint density at radius 3 is 2.22 bits per heavy atom. The van der Waals surface area contributed by atoms with Crippen molar-refractivity contribution in [1.29, 1.82) is 0 Å². The number of benzene rings is 3. The Morgan fingerprint density at radius 1 is 0.852 bits per heavy atom. The van der Waals surface area contributed by atoms with E-state index < -0.39 is 0 Å². The Bertz CT molecular complexity index is 893. The van der Waals surface area contributed by atoms with Crippen molar-refractivity contribution < 1.29 is 9.53 Å².